The number of methoxy groups -OCH3 is 1. The Morgan fingerprint density at radius 1 is 1.26 bits per heavy atom. The van der Waals surface area contributed by atoms with Crippen LogP contribution in [0.2, 0.25) is 0 Å². The lowest BCUT2D eigenvalue weighted by molar-refractivity contribution is 0.0600. The van der Waals surface area contributed by atoms with E-state index < -0.39 is 5.97 Å². The summed E-state index contributed by atoms with van der Waals surface area (Å²) in [7, 11) is 1.35. The number of benzene rings is 1. The van der Waals surface area contributed by atoms with Gasteiger partial charge in [0.1, 0.15) is 0 Å². The Morgan fingerprint density at radius 2 is 2.11 bits per heavy atom. The summed E-state index contributed by atoms with van der Waals surface area (Å²) in [4.78, 5) is 15.7. The van der Waals surface area contributed by atoms with Gasteiger partial charge in [0.25, 0.3) is 0 Å². The van der Waals surface area contributed by atoms with Gasteiger partial charge in [0.05, 0.1) is 30.1 Å². The zero-order valence-electron chi connectivity index (χ0n) is 10.3. The summed E-state index contributed by atoms with van der Waals surface area (Å²) in [5.41, 5.74) is 2.18. The molecular formula is C14H11N3O2. The highest BCUT2D eigenvalue weighted by Crippen LogP contribution is 2.19. The molecule has 2 aromatic heterocycles. The number of ether oxygens (including phenoxy) is 1. The first-order chi connectivity index (χ1) is 9.29. The summed E-state index contributed by atoms with van der Waals surface area (Å²) in [5, 5.41) is 5.17. The van der Waals surface area contributed by atoms with E-state index in [0.717, 1.165) is 16.6 Å². The van der Waals surface area contributed by atoms with Crippen LogP contribution in [0.5, 0.6) is 0 Å². The van der Waals surface area contributed by atoms with Crippen molar-refractivity contribution in [3.8, 4) is 5.69 Å². The van der Waals surface area contributed by atoms with Gasteiger partial charge in [-0.1, -0.05) is 18.2 Å². The molecule has 2 heterocycles. The minimum Gasteiger partial charge on any atom is -0.465 e. The molecule has 94 valence electrons. The predicted octanol–water partition coefficient (Wildman–Crippen LogP) is 2.21. The van der Waals surface area contributed by atoms with Crippen molar-refractivity contribution in [3.63, 3.8) is 0 Å². The summed E-state index contributed by atoms with van der Waals surface area (Å²) in [5.74, 6) is -0.399. The lowest BCUT2D eigenvalue weighted by Crippen LogP contribution is -2.00. The Hall–Kier alpha value is -2.69. The highest BCUT2D eigenvalue weighted by atomic mass is 16.5. The molecule has 0 N–H and O–H groups in total. The average Bonchev–Trinajstić information content (AvgIpc) is 2.95. The third-order valence-electron chi connectivity index (χ3n) is 2.88. The standard InChI is InChI=1S/C14H11N3O2/c1-19-14(18)10-8-16-17(9-10)13-6-7-15-12-5-3-2-4-11(12)13/h2-9H,1H3. The molecule has 5 nitrogen and oxygen atoms in total. The number of carbonyl (C=O) groups is 1. The minimum absolute atomic E-state index is 0.399. The number of para-hydroxylation sites is 1. The van der Waals surface area contributed by atoms with Crippen LogP contribution in [-0.4, -0.2) is 27.8 Å². The Kier molecular flexibility index (Phi) is 2.72. The molecule has 0 aliphatic rings. The van der Waals surface area contributed by atoms with Crippen LogP contribution in [0, 0.1) is 0 Å². The van der Waals surface area contributed by atoms with Crippen LogP contribution in [0.3, 0.4) is 0 Å². The molecule has 19 heavy (non-hydrogen) atoms. The number of nitrogens with zero attached hydrogens (tertiary/aromatic N) is 3. The summed E-state index contributed by atoms with van der Waals surface area (Å²) in [6.45, 7) is 0. The number of hydrogen-bond donors (Lipinski definition) is 0. The van der Waals surface area contributed by atoms with Gasteiger partial charge in [-0.25, -0.2) is 9.48 Å². The minimum atomic E-state index is -0.399. The Labute approximate surface area is 109 Å². The van der Waals surface area contributed by atoms with Gasteiger partial charge in [-0.3, -0.25) is 4.98 Å². The number of carbonyl (C=O) groups excluding carboxylic acids is 1. The van der Waals surface area contributed by atoms with Gasteiger partial charge < -0.3 is 4.74 Å². The van der Waals surface area contributed by atoms with E-state index in [0.29, 0.717) is 5.56 Å². The first kappa shape index (κ1) is 11.4. The van der Waals surface area contributed by atoms with Crippen molar-refractivity contribution >= 4 is 16.9 Å². The van der Waals surface area contributed by atoms with Crippen LogP contribution >= 0.6 is 0 Å². The van der Waals surface area contributed by atoms with E-state index in [1.807, 2.05) is 30.3 Å². The van der Waals surface area contributed by atoms with Gasteiger partial charge >= 0.3 is 5.97 Å². The maximum absolute atomic E-state index is 11.4. The summed E-state index contributed by atoms with van der Waals surface area (Å²) >= 11 is 0. The van der Waals surface area contributed by atoms with E-state index in [4.69, 9.17) is 0 Å². The van der Waals surface area contributed by atoms with E-state index in [9.17, 15) is 4.79 Å². The normalized spacial score (nSPS) is 10.6. The smallest absolute Gasteiger partial charge is 0.341 e. The molecule has 0 aliphatic carbocycles. The van der Waals surface area contributed by atoms with Crippen molar-refractivity contribution in [3.05, 3.63) is 54.5 Å². The molecule has 5 heteroatoms. The molecular weight excluding hydrogens is 242 g/mol. The highest BCUT2D eigenvalue weighted by Gasteiger charge is 2.10. The van der Waals surface area contributed by atoms with E-state index >= 15 is 0 Å². The van der Waals surface area contributed by atoms with Crippen molar-refractivity contribution in [1.29, 1.82) is 0 Å². The van der Waals surface area contributed by atoms with Gasteiger partial charge in [0.15, 0.2) is 0 Å². The zero-order chi connectivity index (χ0) is 13.2. The fraction of sp³-hybridized carbons (Fsp3) is 0.0714. The summed E-state index contributed by atoms with van der Waals surface area (Å²) in [6, 6.07) is 9.64. The Balaban J connectivity index is 2.14. The number of fused-ring (bicyclic) bond motifs is 1. The molecule has 3 aromatic rings. The second-order valence-corrected chi connectivity index (χ2v) is 4.01. The van der Waals surface area contributed by atoms with Crippen LogP contribution in [-0.2, 0) is 4.74 Å². The number of hydrogen-bond acceptors (Lipinski definition) is 4. The maximum atomic E-state index is 11.4. The first-order valence-corrected chi connectivity index (χ1v) is 5.77. The van der Waals surface area contributed by atoms with Gasteiger partial charge in [0, 0.05) is 17.8 Å². The molecule has 0 amide bonds. The Morgan fingerprint density at radius 3 is 2.95 bits per heavy atom. The van der Waals surface area contributed by atoms with Crippen molar-refractivity contribution in [2.75, 3.05) is 7.11 Å². The third kappa shape index (κ3) is 1.95. The third-order valence-corrected chi connectivity index (χ3v) is 2.88. The second kappa shape index (κ2) is 4.53. The van der Waals surface area contributed by atoms with Gasteiger partial charge in [-0.15, -0.1) is 0 Å². The van der Waals surface area contributed by atoms with Crippen LogP contribution in [0.25, 0.3) is 16.6 Å². The average molecular weight is 253 g/mol. The van der Waals surface area contributed by atoms with Crippen LogP contribution < -0.4 is 0 Å². The van der Waals surface area contributed by atoms with E-state index in [-0.39, 0.29) is 0 Å². The van der Waals surface area contributed by atoms with Crippen LogP contribution in [0.4, 0.5) is 0 Å². The molecule has 0 unspecified atom stereocenters. The first-order valence-electron chi connectivity index (χ1n) is 5.77. The molecule has 0 spiro atoms. The second-order valence-electron chi connectivity index (χ2n) is 4.01. The monoisotopic (exact) mass is 253 g/mol. The fourth-order valence-corrected chi connectivity index (χ4v) is 1.96. The molecule has 0 saturated carbocycles. The van der Waals surface area contributed by atoms with Crippen molar-refractivity contribution < 1.29 is 9.53 Å². The molecule has 0 aliphatic heterocycles. The highest BCUT2D eigenvalue weighted by molar-refractivity contribution is 5.90. The SMILES string of the molecule is COC(=O)c1cnn(-c2ccnc3ccccc23)c1. The maximum Gasteiger partial charge on any atom is 0.341 e. The van der Waals surface area contributed by atoms with Crippen molar-refractivity contribution in [2.45, 2.75) is 0 Å². The van der Waals surface area contributed by atoms with Crippen LogP contribution in [0.15, 0.2) is 48.9 Å². The number of aromatic nitrogens is 3. The molecule has 0 radical (unpaired) electrons. The largest absolute Gasteiger partial charge is 0.465 e. The fourth-order valence-electron chi connectivity index (χ4n) is 1.96. The quantitative estimate of drug-likeness (QED) is 0.657. The number of rotatable bonds is 2. The Bertz CT molecular complexity index is 744. The van der Waals surface area contributed by atoms with Crippen LogP contribution in [0.1, 0.15) is 10.4 Å². The molecule has 0 fully saturated rings. The molecule has 0 atom stereocenters. The number of pyridine rings is 1. The lowest BCUT2D eigenvalue weighted by Gasteiger charge is -2.05. The van der Waals surface area contributed by atoms with Gasteiger partial charge in [-0.05, 0) is 12.1 Å². The molecule has 1 aromatic carbocycles. The zero-order valence-corrected chi connectivity index (χ0v) is 10.3. The van der Waals surface area contributed by atoms with Crippen molar-refractivity contribution in [2.24, 2.45) is 0 Å². The van der Waals surface area contributed by atoms with E-state index in [1.165, 1.54) is 13.3 Å². The van der Waals surface area contributed by atoms with Crippen molar-refractivity contribution in [1.82, 2.24) is 14.8 Å². The van der Waals surface area contributed by atoms with E-state index in [1.54, 1.807) is 17.1 Å². The molecule has 0 saturated heterocycles. The number of esters is 1. The summed E-state index contributed by atoms with van der Waals surface area (Å²) < 4.78 is 6.32. The van der Waals surface area contributed by atoms with E-state index in [2.05, 4.69) is 14.8 Å². The topological polar surface area (TPSA) is 57.0 Å². The molecule has 3 rings (SSSR count). The van der Waals surface area contributed by atoms with Gasteiger partial charge in [0.2, 0.25) is 0 Å². The summed E-state index contributed by atoms with van der Waals surface area (Å²) in [6.07, 6.45) is 4.85. The van der Waals surface area contributed by atoms with Gasteiger partial charge in [-0.2, -0.15) is 5.10 Å². The predicted molar refractivity (Wildman–Crippen MR) is 70.2 cm³/mol. The lowest BCUT2D eigenvalue weighted by atomic mass is 10.2. The molecule has 0 bridgehead atoms.